The van der Waals surface area contributed by atoms with Crippen LogP contribution in [0, 0.1) is 5.92 Å². The molecule has 1 heterocycles. The number of nitrogens with one attached hydrogen (secondary N) is 2. The maximum atomic E-state index is 12.2. The standard InChI is InChI=1S/C24H27N3O4/c28-22(16-31-21-8-4-6-19(14-21)26-24(30)18-10-11-18)25-15-17-5-3-7-20(13-17)27-12-2-1-9-23(27)29/h3-8,13-14,18H,1-2,9-12,15-16H2,(H,25,28)(H,26,30). The molecule has 0 bridgehead atoms. The normalized spacial score (nSPS) is 16.0. The number of anilines is 2. The molecule has 1 aliphatic heterocycles. The molecule has 4 rings (SSSR count). The second-order valence-electron chi connectivity index (χ2n) is 8.03. The Morgan fingerprint density at radius 3 is 2.71 bits per heavy atom. The minimum atomic E-state index is -0.244. The predicted octanol–water partition coefficient (Wildman–Crippen LogP) is 3.25. The third kappa shape index (κ3) is 5.84. The van der Waals surface area contributed by atoms with Crippen molar-refractivity contribution in [1.29, 1.82) is 0 Å². The zero-order chi connectivity index (χ0) is 21.6. The van der Waals surface area contributed by atoms with Gasteiger partial charge >= 0.3 is 0 Å². The SMILES string of the molecule is O=C(COc1cccc(NC(=O)C2CC2)c1)NCc1cccc(N2CCCCC2=O)c1. The van der Waals surface area contributed by atoms with Crippen LogP contribution in [0.25, 0.3) is 0 Å². The largest absolute Gasteiger partial charge is 0.484 e. The first-order valence-corrected chi connectivity index (χ1v) is 10.8. The Balaban J connectivity index is 1.25. The first-order chi connectivity index (χ1) is 15.1. The number of piperidine rings is 1. The predicted molar refractivity (Wildman–Crippen MR) is 118 cm³/mol. The van der Waals surface area contributed by atoms with E-state index in [2.05, 4.69) is 10.6 Å². The zero-order valence-corrected chi connectivity index (χ0v) is 17.4. The summed E-state index contributed by atoms with van der Waals surface area (Å²) in [5.41, 5.74) is 2.46. The van der Waals surface area contributed by atoms with E-state index >= 15 is 0 Å². The topological polar surface area (TPSA) is 87.7 Å². The molecule has 7 nitrogen and oxygen atoms in total. The van der Waals surface area contributed by atoms with E-state index in [9.17, 15) is 14.4 Å². The van der Waals surface area contributed by atoms with Crippen molar-refractivity contribution in [3.63, 3.8) is 0 Å². The van der Waals surface area contributed by atoms with Crippen LogP contribution in [0.15, 0.2) is 48.5 Å². The summed E-state index contributed by atoms with van der Waals surface area (Å²) in [7, 11) is 0. The first-order valence-electron chi connectivity index (χ1n) is 10.8. The molecule has 3 amide bonds. The number of nitrogens with zero attached hydrogens (tertiary/aromatic N) is 1. The van der Waals surface area contributed by atoms with Gasteiger partial charge in [-0.1, -0.05) is 18.2 Å². The van der Waals surface area contributed by atoms with Crippen LogP contribution in [0.5, 0.6) is 5.75 Å². The van der Waals surface area contributed by atoms with Gasteiger partial charge in [0, 0.05) is 42.9 Å². The molecule has 162 valence electrons. The summed E-state index contributed by atoms with van der Waals surface area (Å²) in [4.78, 5) is 38.0. The van der Waals surface area contributed by atoms with Gasteiger partial charge < -0.3 is 20.3 Å². The molecule has 1 aliphatic carbocycles. The van der Waals surface area contributed by atoms with E-state index < -0.39 is 0 Å². The van der Waals surface area contributed by atoms with Crippen molar-refractivity contribution >= 4 is 29.1 Å². The van der Waals surface area contributed by atoms with Gasteiger partial charge in [0.15, 0.2) is 6.61 Å². The second-order valence-corrected chi connectivity index (χ2v) is 8.03. The summed E-state index contributed by atoms with van der Waals surface area (Å²) in [5.74, 6) is 0.586. The molecule has 1 saturated carbocycles. The minimum absolute atomic E-state index is 0.0309. The fraction of sp³-hybridized carbons (Fsp3) is 0.375. The van der Waals surface area contributed by atoms with Crippen LogP contribution in [0.2, 0.25) is 0 Å². The molecule has 1 saturated heterocycles. The zero-order valence-electron chi connectivity index (χ0n) is 17.4. The Kier molecular flexibility index (Phi) is 6.50. The average Bonchev–Trinajstić information content (AvgIpc) is 3.63. The number of carbonyl (C=O) groups excluding carboxylic acids is 3. The van der Waals surface area contributed by atoms with Gasteiger partial charge in [0.05, 0.1) is 0 Å². The van der Waals surface area contributed by atoms with Gasteiger partial charge in [0.1, 0.15) is 5.75 Å². The van der Waals surface area contributed by atoms with Crippen LogP contribution >= 0.6 is 0 Å². The number of hydrogen-bond acceptors (Lipinski definition) is 4. The van der Waals surface area contributed by atoms with E-state index in [0.717, 1.165) is 43.5 Å². The van der Waals surface area contributed by atoms with Crippen molar-refractivity contribution in [2.24, 2.45) is 5.92 Å². The number of carbonyl (C=O) groups is 3. The minimum Gasteiger partial charge on any atom is -0.484 e. The number of hydrogen-bond donors (Lipinski definition) is 2. The summed E-state index contributed by atoms with van der Waals surface area (Å²) in [5, 5.41) is 5.71. The summed E-state index contributed by atoms with van der Waals surface area (Å²) in [6.07, 6.45) is 4.43. The van der Waals surface area contributed by atoms with Crippen LogP contribution in [0.3, 0.4) is 0 Å². The van der Waals surface area contributed by atoms with E-state index in [1.54, 1.807) is 24.3 Å². The number of ether oxygens (including phenoxy) is 1. The number of amides is 3. The molecule has 2 aromatic carbocycles. The van der Waals surface area contributed by atoms with E-state index in [1.165, 1.54) is 0 Å². The van der Waals surface area contributed by atoms with Crippen molar-refractivity contribution in [3.05, 3.63) is 54.1 Å². The van der Waals surface area contributed by atoms with Crippen LogP contribution in [-0.4, -0.2) is 30.9 Å². The molecule has 0 atom stereocenters. The van der Waals surface area contributed by atoms with Crippen LogP contribution < -0.4 is 20.3 Å². The molecule has 2 aliphatic rings. The van der Waals surface area contributed by atoms with Gasteiger partial charge in [-0.05, 0) is 55.5 Å². The van der Waals surface area contributed by atoms with Gasteiger partial charge in [-0.25, -0.2) is 0 Å². The third-order valence-corrected chi connectivity index (χ3v) is 5.45. The quantitative estimate of drug-likeness (QED) is 0.685. The van der Waals surface area contributed by atoms with Gasteiger partial charge in [-0.2, -0.15) is 0 Å². The molecular formula is C24H27N3O4. The van der Waals surface area contributed by atoms with E-state index in [4.69, 9.17) is 4.74 Å². The summed E-state index contributed by atoms with van der Waals surface area (Å²) < 4.78 is 5.57. The Hall–Kier alpha value is -3.35. The highest BCUT2D eigenvalue weighted by Gasteiger charge is 2.29. The monoisotopic (exact) mass is 421 g/mol. The molecule has 2 fully saturated rings. The second kappa shape index (κ2) is 9.64. The van der Waals surface area contributed by atoms with Crippen molar-refractivity contribution < 1.29 is 19.1 Å². The maximum Gasteiger partial charge on any atom is 0.258 e. The molecule has 0 spiro atoms. The first kappa shape index (κ1) is 20.9. The highest BCUT2D eigenvalue weighted by atomic mass is 16.5. The summed E-state index contributed by atoms with van der Waals surface area (Å²) in [6.45, 7) is 0.975. The molecule has 0 unspecified atom stereocenters. The Morgan fingerprint density at radius 1 is 1.06 bits per heavy atom. The van der Waals surface area contributed by atoms with Gasteiger partial charge in [-0.15, -0.1) is 0 Å². The van der Waals surface area contributed by atoms with Crippen LogP contribution in [0.4, 0.5) is 11.4 Å². The summed E-state index contributed by atoms with van der Waals surface area (Å²) >= 11 is 0. The van der Waals surface area contributed by atoms with E-state index in [-0.39, 0.29) is 30.2 Å². The molecule has 7 heteroatoms. The van der Waals surface area contributed by atoms with Gasteiger partial charge in [0.2, 0.25) is 11.8 Å². The molecule has 0 radical (unpaired) electrons. The molecule has 2 N–H and O–H groups in total. The van der Waals surface area contributed by atoms with Crippen LogP contribution in [-0.2, 0) is 20.9 Å². The molecule has 2 aromatic rings. The van der Waals surface area contributed by atoms with Crippen molar-refractivity contribution in [3.8, 4) is 5.75 Å². The van der Waals surface area contributed by atoms with Crippen molar-refractivity contribution in [1.82, 2.24) is 5.32 Å². The maximum absolute atomic E-state index is 12.2. The average molecular weight is 421 g/mol. The van der Waals surface area contributed by atoms with Crippen LogP contribution in [0.1, 0.15) is 37.7 Å². The Morgan fingerprint density at radius 2 is 1.90 bits per heavy atom. The van der Waals surface area contributed by atoms with Crippen molar-refractivity contribution in [2.75, 3.05) is 23.4 Å². The highest BCUT2D eigenvalue weighted by molar-refractivity contribution is 5.94. The van der Waals surface area contributed by atoms with Gasteiger partial charge in [0.25, 0.3) is 5.91 Å². The third-order valence-electron chi connectivity index (χ3n) is 5.45. The van der Waals surface area contributed by atoms with E-state index in [0.29, 0.717) is 24.4 Å². The summed E-state index contributed by atoms with van der Waals surface area (Å²) in [6, 6.07) is 14.7. The Bertz CT molecular complexity index is 971. The molecule has 31 heavy (non-hydrogen) atoms. The Labute approximate surface area is 181 Å². The molecule has 0 aromatic heterocycles. The van der Waals surface area contributed by atoms with Gasteiger partial charge in [-0.3, -0.25) is 14.4 Å². The van der Waals surface area contributed by atoms with Crippen molar-refractivity contribution in [2.45, 2.75) is 38.6 Å². The smallest absolute Gasteiger partial charge is 0.258 e. The lowest BCUT2D eigenvalue weighted by Gasteiger charge is -2.27. The van der Waals surface area contributed by atoms with E-state index in [1.807, 2.05) is 29.2 Å². The lowest BCUT2D eigenvalue weighted by Crippen LogP contribution is -2.35. The number of rotatable bonds is 8. The number of benzene rings is 2. The lowest BCUT2D eigenvalue weighted by molar-refractivity contribution is -0.123. The molecular weight excluding hydrogens is 394 g/mol. The fourth-order valence-electron chi connectivity index (χ4n) is 3.57. The highest BCUT2D eigenvalue weighted by Crippen LogP contribution is 2.30. The lowest BCUT2D eigenvalue weighted by atomic mass is 10.1. The fourth-order valence-corrected chi connectivity index (χ4v) is 3.57.